The van der Waals surface area contributed by atoms with Gasteiger partial charge in [-0.2, -0.15) is 10.4 Å². The van der Waals surface area contributed by atoms with E-state index in [2.05, 4.69) is 25.2 Å². The van der Waals surface area contributed by atoms with Crippen LogP contribution < -0.4 is 15.7 Å². The van der Waals surface area contributed by atoms with Gasteiger partial charge in [-0.3, -0.25) is 9.78 Å². The number of nitrogens with zero attached hydrogens (tertiary/aromatic N) is 3. The van der Waals surface area contributed by atoms with Crippen LogP contribution in [-0.4, -0.2) is 22.5 Å². The van der Waals surface area contributed by atoms with Gasteiger partial charge in [0.05, 0.1) is 11.9 Å². The Morgan fingerprint density at radius 3 is 2.60 bits per heavy atom. The topological polar surface area (TPSA) is 103 Å². The standard InChI is InChI=1S/C19H11F4N5O2/c20-13-6-11(7-14(8-13)30-19(21,22)23)10-25-28-18-26-16(12-4-2-1-3-5-12)15(9-24)17(29)27-18/h1-8,10H,(H2,26,27,28,29). The smallest absolute Gasteiger partial charge is 0.406 e. The summed E-state index contributed by atoms with van der Waals surface area (Å²) in [6, 6.07) is 12.7. The molecular weight excluding hydrogens is 406 g/mol. The predicted octanol–water partition coefficient (Wildman–Crippen LogP) is 3.79. The Bertz CT molecular complexity index is 1180. The second kappa shape index (κ2) is 8.44. The molecule has 0 radical (unpaired) electrons. The molecule has 0 spiro atoms. The first kappa shape index (κ1) is 20.5. The molecule has 0 fully saturated rings. The van der Waals surface area contributed by atoms with Gasteiger partial charge in [0.1, 0.15) is 23.2 Å². The minimum absolute atomic E-state index is 0.0407. The van der Waals surface area contributed by atoms with E-state index in [4.69, 9.17) is 0 Å². The molecule has 0 aliphatic rings. The molecule has 1 aromatic heterocycles. The van der Waals surface area contributed by atoms with Gasteiger partial charge in [0.15, 0.2) is 0 Å². The van der Waals surface area contributed by atoms with E-state index in [0.29, 0.717) is 11.6 Å². The van der Waals surface area contributed by atoms with Crippen LogP contribution in [-0.2, 0) is 0 Å². The van der Waals surface area contributed by atoms with Crippen LogP contribution in [0.2, 0.25) is 0 Å². The van der Waals surface area contributed by atoms with Crippen LogP contribution in [0.4, 0.5) is 23.5 Å². The van der Waals surface area contributed by atoms with Crippen molar-refractivity contribution in [2.75, 3.05) is 5.43 Å². The molecular formula is C19H11F4N5O2. The zero-order chi connectivity index (χ0) is 21.7. The third kappa shape index (κ3) is 5.20. The minimum Gasteiger partial charge on any atom is -0.406 e. The van der Waals surface area contributed by atoms with Crippen molar-refractivity contribution in [2.24, 2.45) is 5.10 Å². The Hall–Kier alpha value is -4.20. The number of aromatic amines is 1. The molecule has 0 saturated carbocycles. The van der Waals surface area contributed by atoms with Crippen molar-refractivity contribution in [3.8, 4) is 23.1 Å². The lowest BCUT2D eigenvalue weighted by molar-refractivity contribution is -0.274. The van der Waals surface area contributed by atoms with E-state index in [0.717, 1.165) is 18.3 Å². The molecule has 2 aromatic carbocycles. The highest BCUT2D eigenvalue weighted by Crippen LogP contribution is 2.24. The van der Waals surface area contributed by atoms with Gasteiger partial charge in [0.25, 0.3) is 5.56 Å². The number of hydrogen-bond donors (Lipinski definition) is 2. The number of nitrogens with one attached hydrogen (secondary N) is 2. The van der Waals surface area contributed by atoms with Crippen LogP contribution in [0.15, 0.2) is 58.4 Å². The molecule has 7 nitrogen and oxygen atoms in total. The summed E-state index contributed by atoms with van der Waals surface area (Å²) in [5.41, 5.74) is 2.07. The summed E-state index contributed by atoms with van der Waals surface area (Å²) in [7, 11) is 0. The summed E-state index contributed by atoms with van der Waals surface area (Å²) in [6.45, 7) is 0. The number of aromatic nitrogens is 2. The van der Waals surface area contributed by atoms with Crippen molar-refractivity contribution in [3.63, 3.8) is 0 Å². The van der Waals surface area contributed by atoms with Crippen molar-refractivity contribution in [3.05, 3.63) is 75.8 Å². The maximum Gasteiger partial charge on any atom is 0.573 e. The summed E-state index contributed by atoms with van der Waals surface area (Å²) < 4.78 is 54.1. The Balaban J connectivity index is 1.86. The van der Waals surface area contributed by atoms with E-state index in [1.54, 1.807) is 36.4 Å². The van der Waals surface area contributed by atoms with E-state index >= 15 is 0 Å². The van der Waals surface area contributed by atoms with Crippen molar-refractivity contribution >= 4 is 12.2 Å². The minimum atomic E-state index is -4.97. The Labute approximate surface area is 166 Å². The van der Waals surface area contributed by atoms with Gasteiger partial charge in [-0.05, 0) is 12.1 Å². The van der Waals surface area contributed by atoms with E-state index in [1.165, 1.54) is 0 Å². The lowest BCUT2D eigenvalue weighted by atomic mass is 10.1. The second-order valence-corrected chi connectivity index (χ2v) is 5.75. The molecule has 0 bridgehead atoms. The Kier molecular flexibility index (Phi) is 5.78. The fourth-order valence-corrected chi connectivity index (χ4v) is 2.45. The highest BCUT2D eigenvalue weighted by molar-refractivity contribution is 5.80. The molecule has 152 valence electrons. The van der Waals surface area contributed by atoms with Crippen LogP contribution >= 0.6 is 0 Å². The van der Waals surface area contributed by atoms with E-state index in [1.807, 2.05) is 0 Å². The molecule has 11 heteroatoms. The summed E-state index contributed by atoms with van der Waals surface area (Å²) >= 11 is 0. The van der Waals surface area contributed by atoms with Crippen molar-refractivity contribution in [2.45, 2.75) is 6.36 Å². The number of hydrazone groups is 1. The molecule has 2 N–H and O–H groups in total. The number of benzene rings is 2. The number of nitriles is 1. The zero-order valence-corrected chi connectivity index (χ0v) is 14.9. The first-order valence-corrected chi connectivity index (χ1v) is 8.20. The van der Waals surface area contributed by atoms with Gasteiger partial charge < -0.3 is 4.74 Å². The Morgan fingerprint density at radius 2 is 1.93 bits per heavy atom. The summed E-state index contributed by atoms with van der Waals surface area (Å²) in [6.07, 6.45) is -3.97. The number of anilines is 1. The third-order valence-corrected chi connectivity index (χ3v) is 3.59. The number of rotatable bonds is 5. The first-order chi connectivity index (χ1) is 14.2. The van der Waals surface area contributed by atoms with Crippen LogP contribution in [0.1, 0.15) is 11.1 Å². The van der Waals surface area contributed by atoms with Crippen LogP contribution in [0.5, 0.6) is 5.75 Å². The molecule has 30 heavy (non-hydrogen) atoms. The summed E-state index contributed by atoms with van der Waals surface area (Å²) in [4.78, 5) is 18.6. The molecule has 0 aliphatic heterocycles. The average molecular weight is 417 g/mol. The summed E-state index contributed by atoms with van der Waals surface area (Å²) in [5, 5.41) is 12.9. The van der Waals surface area contributed by atoms with Gasteiger partial charge in [0, 0.05) is 17.2 Å². The SMILES string of the molecule is N#Cc1c(-c2ccccc2)nc(NN=Cc2cc(F)cc(OC(F)(F)F)c2)[nH]c1=O. The van der Waals surface area contributed by atoms with Gasteiger partial charge in [-0.15, -0.1) is 13.2 Å². The maximum atomic E-state index is 13.5. The van der Waals surface area contributed by atoms with Gasteiger partial charge in [-0.25, -0.2) is 14.8 Å². The van der Waals surface area contributed by atoms with Crippen molar-refractivity contribution in [1.82, 2.24) is 9.97 Å². The quantitative estimate of drug-likeness (QED) is 0.374. The van der Waals surface area contributed by atoms with E-state index < -0.39 is 23.5 Å². The Morgan fingerprint density at radius 1 is 1.20 bits per heavy atom. The van der Waals surface area contributed by atoms with Gasteiger partial charge >= 0.3 is 6.36 Å². The summed E-state index contributed by atoms with van der Waals surface area (Å²) in [5.74, 6) is -1.84. The van der Waals surface area contributed by atoms with Gasteiger partial charge in [-0.1, -0.05) is 30.3 Å². The fourth-order valence-electron chi connectivity index (χ4n) is 2.45. The number of H-pyrrole nitrogens is 1. The zero-order valence-electron chi connectivity index (χ0n) is 14.9. The number of hydrogen-bond acceptors (Lipinski definition) is 6. The third-order valence-electron chi connectivity index (χ3n) is 3.59. The number of alkyl halides is 3. The second-order valence-electron chi connectivity index (χ2n) is 5.75. The molecule has 3 rings (SSSR count). The van der Waals surface area contributed by atoms with Crippen molar-refractivity contribution in [1.29, 1.82) is 5.26 Å². The fraction of sp³-hybridized carbons (Fsp3) is 0.0526. The normalized spacial score (nSPS) is 11.3. The largest absolute Gasteiger partial charge is 0.573 e. The van der Waals surface area contributed by atoms with E-state index in [-0.39, 0.29) is 22.8 Å². The van der Waals surface area contributed by atoms with Crippen LogP contribution in [0.3, 0.4) is 0 Å². The predicted molar refractivity (Wildman–Crippen MR) is 99.3 cm³/mol. The molecule has 1 heterocycles. The number of ether oxygens (including phenoxy) is 1. The lowest BCUT2D eigenvalue weighted by Gasteiger charge is -2.09. The lowest BCUT2D eigenvalue weighted by Crippen LogP contribution is -2.17. The maximum absolute atomic E-state index is 13.5. The molecule has 0 amide bonds. The molecule has 0 saturated heterocycles. The number of halogens is 4. The van der Waals surface area contributed by atoms with Crippen LogP contribution in [0.25, 0.3) is 11.3 Å². The van der Waals surface area contributed by atoms with Crippen LogP contribution in [0, 0.1) is 17.1 Å². The average Bonchev–Trinajstić information content (AvgIpc) is 2.66. The highest BCUT2D eigenvalue weighted by Gasteiger charge is 2.31. The highest BCUT2D eigenvalue weighted by atomic mass is 19.4. The first-order valence-electron chi connectivity index (χ1n) is 8.20. The molecule has 3 aromatic rings. The van der Waals surface area contributed by atoms with Crippen molar-refractivity contribution < 1.29 is 22.3 Å². The van der Waals surface area contributed by atoms with Gasteiger partial charge in [0.2, 0.25) is 5.95 Å². The molecule has 0 unspecified atom stereocenters. The monoisotopic (exact) mass is 417 g/mol. The molecule has 0 atom stereocenters. The molecule has 0 aliphatic carbocycles. The van der Waals surface area contributed by atoms with E-state index in [9.17, 15) is 27.6 Å².